The third-order valence-corrected chi connectivity index (χ3v) is 2.98. The van der Waals surface area contributed by atoms with E-state index in [4.69, 9.17) is 4.74 Å². The summed E-state index contributed by atoms with van der Waals surface area (Å²) in [6.07, 6.45) is 3.12. The molecule has 0 saturated carbocycles. The van der Waals surface area contributed by atoms with Gasteiger partial charge in [-0.2, -0.15) is 5.10 Å². The molecule has 1 atom stereocenters. The second kappa shape index (κ2) is 5.94. The number of methoxy groups -OCH3 is 1. The molecule has 7 nitrogen and oxygen atoms in total. The van der Waals surface area contributed by atoms with Crippen molar-refractivity contribution in [1.29, 1.82) is 0 Å². The Bertz CT molecular complexity index is 604. The van der Waals surface area contributed by atoms with Gasteiger partial charge in [-0.3, -0.25) is 14.0 Å². The zero-order valence-electron chi connectivity index (χ0n) is 11.5. The van der Waals surface area contributed by atoms with Crippen molar-refractivity contribution in [2.75, 3.05) is 20.3 Å². The molecule has 0 aliphatic rings. The minimum Gasteiger partial charge on any atom is -0.383 e. The van der Waals surface area contributed by atoms with Gasteiger partial charge >= 0.3 is 0 Å². The highest BCUT2D eigenvalue weighted by Gasteiger charge is 2.08. The minimum absolute atomic E-state index is 0.0562. The molecular formula is C12H19N5O2. The van der Waals surface area contributed by atoms with Crippen LogP contribution >= 0.6 is 0 Å². The van der Waals surface area contributed by atoms with Crippen LogP contribution in [0.25, 0.3) is 11.0 Å². The van der Waals surface area contributed by atoms with E-state index < -0.39 is 0 Å². The van der Waals surface area contributed by atoms with Crippen LogP contribution in [0, 0.1) is 0 Å². The highest BCUT2D eigenvalue weighted by molar-refractivity contribution is 5.72. The van der Waals surface area contributed by atoms with Crippen molar-refractivity contribution < 1.29 is 4.74 Å². The Hall–Kier alpha value is -1.73. The van der Waals surface area contributed by atoms with Crippen LogP contribution in [0.5, 0.6) is 0 Å². The molecule has 19 heavy (non-hydrogen) atoms. The van der Waals surface area contributed by atoms with Crippen molar-refractivity contribution in [1.82, 2.24) is 24.6 Å². The third kappa shape index (κ3) is 2.99. The van der Waals surface area contributed by atoms with Crippen LogP contribution in [0.4, 0.5) is 0 Å². The highest BCUT2D eigenvalue weighted by atomic mass is 16.5. The van der Waals surface area contributed by atoms with Crippen molar-refractivity contribution >= 4 is 11.0 Å². The first-order valence-electron chi connectivity index (χ1n) is 6.23. The second-order valence-corrected chi connectivity index (χ2v) is 4.56. The van der Waals surface area contributed by atoms with E-state index in [0.717, 1.165) is 0 Å². The highest BCUT2D eigenvalue weighted by Crippen LogP contribution is 2.02. The van der Waals surface area contributed by atoms with Gasteiger partial charge in [0.2, 0.25) is 0 Å². The first-order valence-corrected chi connectivity index (χ1v) is 6.23. The first kappa shape index (κ1) is 13.7. The van der Waals surface area contributed by atoms with E-state index in [1.807, 2.05) is 6.92 Å². The molecule has 0 bridgehead atoms. The standard InChI is InChI=1S/C12H19N5O2/c1-9(7-19-3)13-4-5-17-8-14-11-10(12(17)18)6-15-16(11)2/h6,8-9,13H,4-5,7H2,1-3H3. The minimum atomic E-state index is -0.0562. The van der Waals surface area contributed by atoms with Gasteiger partial charge in [-0.05, 0) is 6.92 Å². The topological polar surface area (TPSA) is 74.0 Å². The molecule has 1 unspecified atom stereocenters. The van der Waals surface area contributed by atoms with E-state index in [-0.39, 0.29) is 11.6 Å². The Morgan fingerprint density at radius 3 is 3.05 bits per heavy atom. The molecule has 0 aromatic carbocycles. The van der Waals surface area contributed by atoms with E-state index in [9.17, 15) is 4.79 Å². The summed E-state index contributed by atoms with van der Waals surface area (Å²) in [7, 11) is 3.44. The zero-order valence-corrected chi connectivity index (χ0v) is 11.5. The normalized spacial score (nSPS) is 13.0. The van der Waals surface area contributed by atoms with E-state index in [1.165, 1.54) is 0 Å². The van der Waals surface area contributed by atoms with Crippen LogP contribution in [0.15, 0.2) is 17.3 Å². The fraction of sp³-hybridized carbons (Fsp3) is 0.583. The van der Waals surface area contributed by atoms with Gasteiger partial charge in [0.15, 0.2) is 5.65 Å². The fourth-order valence-corrected chi connectivity index (χ4v) is 1.97. The summed E-state index contributed by atoms with van der Waals surface area (Å²) in [6.45, 7) is 3.95. The Kier molecular flexibility index (Phi) is 4.28. The monoisotopic (exact) mass is 265 g/mol. The largest absolute Gasteiger partial charge is 0.383 e. The van der Waals surface area contributed by atoms with E-state index in [2.05, 4.69) is 15.4 Å². The van der Waals surface area contributed by atoms with Gasteiger partial charge in [-0.1, -0.05) is 0 Å². The number of nitrogens with zero attached hydrogens (tertiary/aromatic N) is 4. The van der Waals surface area contributed by atoms with Crippen LogP contribution in [0.2, 0.25) is 0 Å². The van der Waals surface area contributed by atoms with Gasteiger partial charge in [0.25, 0.3) is 5.56 Å². The number of aromatic nitrogens is 4. The number of rotatable bonds is 6. The summed E-state index contributed by atoms with van der Waals surface area (Å²) in [5.74, 6) is 0. The lowest BCUT2D eigenvalue weighted by Crippen LogP contribution is -2.34. The Balaban J connectivity index is 2.05. The number of aryl methyl sites for hydroxylation is 1. The molecule has 0 aliphatic heterocycles. The van der Waals surface area contributed by atoms with Gasteiger partial charge in [0, 0.05) is 33.3 Å². The molecule has 0 amide bonds. The van der Waals surface area contributed by atoms with Gasteiger partial charge < -0.3 is 10.1 Å². The molecule has 1 N–H and O–H groups in total. The molecule has 104 valence electrons. The van der Waals surface area contributed by atoms with Crippen LogP contribution in [0.1, 0.15) is 6.92 Å². The number of ether oxygens (including phenoxy) is 1. The summed E-state index contributed by atoms with van der Waals surface area (Å²) >= 11 is 0. The predicted molar refractivity (Wildman–Crippen MR) is 72.1 cm³/mol. The van der Waals surface area contributed by atoms with Crippen molar-refractivity contribution in [2.45, 2.75) is 19.5 Å². The quantitative estimate of drug-likeness (QED) is 0.780. The van der Waals surface area contributed by atoms with Gasteiger partial charge in [-0.15, -0.1) is 0 Å². The SMILES string of the molecule is COCC(C)NCCn1cnc2c(cnn2C)c1=O. The molecule has 0 aliphatic carbocycles. The number of hydrogen-bond acceptors (Lipinski definition) is 5. The Morgan fingerprint density at radius 1 is 1.53 bits per heavy atom. The lowest BCUT2D eigenvalue weighted by Gasteiger charge is -2.13. The molecule has 0 fully saturated rings. The molecule has 0 saturated heterocycles. The predicted octanol–water partition coefficient (Wildman–Crippen LogP) is -0.246. The summed E-state index contributed by atoms with van der Waals surface area (Å²) in [4.78, 5) is 16.4. The van der Waals surface area contributed by atoms with Crippen molar-refractivity contribution in [3.63, 3.8) is 0 Å². The Morgan fingerprint density at radius 2 is 2.32 bits per heavy atom. The van der Waals surface area contributed by atoms with Crippen LogP contribution in [-0.4, -0.2) is 45.6 Å². The molecular weight excluding hydrogens is 246 g/mol. The van der Waals surface area contributed by atoms with Gasteiger partial charge in [-0.25, -0.2) is 4.98 Å². The van der Waals surface area contributed by atoms with E-state index in [1.54, 1.807) is 35.9 Å². The van der Waals surface area contributed by atoms with Gasteiger partial charge in [0.05, 0.1) is 12.8 Å². The van der Waals surface area contributed by atoms with Crippen molar-refractivity contribution in [2.24, 2.45) is 7.05 Å². The number of hydrogen-bond donors (Lipinski definition) is 1. The summed E-state index contributed by atoms with van der Waals surface area (Å²) in [5.41, 5.74) is 0.557. The Labute approximate surface area is 111 Å². The van der Waals surface area contributed by atoms with Crippen LogP contribution < -0.4 is 10.9 Å². The lowest BCUT2D eigenvalue weighted by atomic mass is 10.3. The van der Waals surface area contributed by atoms with E-state index in [0.29, 0.717) is 30.7 Å². The number of nitrogens with one attached hydrogen (secondary N) is 1. The van der Waals surface area contributed by atoms with Crippen LogP contribution in [0.3, 0.4) is 0 Å². The molecule has 2 rings (SSSR count). The number of fused-ring (bicyclic) bond motifs is 1. The van der Waals surface area contributed by atoms with Crippen LogP contribution in [-0.2, 0) is 18.3 Å². The second-order valence-electron chi connectivity index (χ2n) is 4.56. The fourth-order valence-electron chi connectivity index (χ4n) is 1.97. The average molecular weight is 265 g/mol. The van der Waals surface area contributed by atoms with E-state index >= 15 is 0 Å². The first-order chi connectivity index (χ1) is 9.13. The molecule has 2 heterocycles. The lowest BCUT2D eigenvalue weighted by molar-refractivity contribution is 0.172. The summed E-state index contributed by atoms with van der Waals surface area (Å²) < 4.78 is 8.23. The summed E-state index contributed by atoms with van der Waals surface area (Å²) in [6, 6.07) is 0.260. The smallest absolute Gasteiger partial charge is 0.264 e. The zero-order chi connectivity index (χ0) is 13.8. The molecule has 2 aromatic heterocycles. The van der Waals surface area contributed by atoms with Gasteiger partial charge in [0.1, 0.15) is 11.7 Å². The third-order valence-electron chi connectivity index (χ3n) is 2.98. The molecule has 0 radical (unpaired) electrons. The summed E-state index contributed by atoms with van der Waals surface area (Å²) in [5, 5.41) is 7.87. The maximum absolute atomic E-state index is 12.2. The average Bonchev–Trinajstić information content (AvgIpc) is 2.75. The molecule has 7 heteroatoms. The van der Waals surface area contributed by atoms with Crippen molar-refractivity contribution in [3.05, 3.63) is 22.9 Å². The molecule has 0 spiro atoms. The maximum atomic E-state index is 12.2. The maximum Gasteiger partial charge on any atom is 0.264 e. The van der Waals surface area contributed by atoms with Crippen molar-refractivity contribution in [3.8, 4) is 0 Å². The molecule has 2 aromatic rings.